The zero-order valence-electron chi connectivity index (χ0n) is 14.8. The Bertz CT molecular complexity index is 564. The van der Waals surface area contributed by atoms with E-state index >= 15 is 0 Å². The van der Waals surface area contributed by atoms with Crippen molar-refractivity contribution in [2.24, 2.45) is 0 Å². The maximum absolute atomic E-state index is 5.75. The number of hydrogen-bond donors (Lipinski definition) is 1. The molecule has 0 amide bonds. The summed E-state index contributed by atoms with van der Waals surface area (Å²) < 4.78 is 16.9. The van der Waals surface area contributed by atoms with Crippen molar-refractivity contribution in [2.45, 2.75) is 19.0 Å². The van der Waals surface area contributed by atoms with Crippen molar-refractivity contribution in [2.75, 3.05) is 59.6 Å². The third-order valence-corrected chi connectivity index (χ3v) is 5.21. The fourth-order valence-corrected chi connectivity index (χ4v) is 3.98. The Morgan fingerprint density at radius 2 is 1.96 bits per heavy atom. The van der Waals surface area contributed by atoms with Gasteiger partial charge in [0.15, 0.2) is 11.5 Å². The van der Waals surface area contributed by atoms with Crippen LogP contribution in [0.15, 0.2) is 12.1 Å². The van der Waals surface area contributed by atoms with E-state index in [1.807, 2.05) is 0 Å². The van der Waals surface area contributed by atoms with Crippen LogP contribution in [-0.4, -0.2) is 75.4 Å². The summed E-state index contributed by atoms with van der Waals surface area (Å²) in [5.41, 5.74) is 1.23. The molecule has 1 atom stereocenters. The number of benzene rings is 1. The molecule has 1 unspecified atom stereocenters. The first-order valence-corrected chi connectivity index (χ1v) is 8.97. The standard InChI is InChI=1S/C18H27N3O3.ClH/c1-22-16-10-14(11-17-18(16)24-9-8-23-17)12-20-5-2-15(13-20)21-6-3-19-4-7-21;/h10-11,15,19H,2-9,12-13H2,1H3;1H. The van der Waals surface area contributed by atoms with Crippen molar-refractivity contribution in [1.82, 2.24) is 15.1 Å². The van der Waals surface area contributed by atoms with Gasteiger partial charge < -0.3 is 19.5 Å². The Kier molecular flexibility index (Phi) is 6.28. The van der Waals surface area contributed by atoms with Crippen LogP contribution < -0.4 is 19.5 Å². The van der Waals surface area contributed by atoms with Gasteiger partial charge in [0.1, 0.15) is 13.2 Å². The lowest BCUT2D eigenvalue weighted by molar-refractivity contribution is 0.163. The molecule has 2 fully saturated rings. The van der Waals surface area contributed by atoms with Gasteiger partial charge in [-0.3, -0.25) is 9.80 Å². The highest BCUT2D eigenvalue weighted by atomic mass is 35.5. The summed E-state index contributed by atoms with van der Waals surface area (Å²) in [6.07, 6.45) is 1.27. The molecule has 0 radical (unpaired) electrons. The van der Waals surface area contributed by atoms with Crippen LogP contribution in [0.5, 0.6) is 17.2 Å². The van der Waals surface area contributed by atoms with E-state index in [9.17, 15) is 0 Å². The molecular formula is C18H28ClN3O3. The summed E-state index contributed by atoms with van der Waals surface area (Å²) in [5, 5.41) is 3.44. The molecule has 1 aromatic rings. The molecule has 2 saturated heterocycles. The molecule has 0 saturated carbocycles. The SMILES string of the molecule is COc1cc(CN2CCC(N3CCNCC3)C2)cc2c1OCCO2.Cl. The first kappa shape index (κ1) is 18.6. The molecule has 7 heteroatoms. The molecule has 140 valence electrons. The van der Waals surface area contributed by atoms with E-state index < -0.39 is 0 Å². The number of methoxy groups -OCH3 is 1. The van der Waals surface area contributed by atoms with Gasteiger partial charge >= 0.3 is 0 Å². The summed E-state index contributed by atoms with van der Waals surface area (Å²) >= 11 is 0. The van der Waals surface area contributed by atoms with Gasteiger partial charge in [-0.05, 0) is 24.1 Å². The average Bonchev–Trinajstić information content (AvgIpc) is 3.10. The highest BCUT2D eigenvalue weighted by Crippen LogP contribution is 2.40. The second kappa shape index (κ2) is 8.45. The van der Waals surface area contributed by atoms with Crippen LogP contribution in [0.3, 0.4) is 0 Å². The van der Waals surface area contributed by atoms with Crippen LogP contribution in [0.2, 0.25) is 0 Å². The first-order chi connectivity index (χ1) is 11.8. The molecule has 3 heterocycles. The van der Waals surface area contributed by atoms with E-state index in [-0.39, 0.29) is 12.4 Å². The van der Waals surface area contributed by atoms with Crippen LogP contribution in [0.25, 0.3) is 0 Å². The predicted molar refractivity (Wildman–Crippen MR) is 99.4 cm³/mol. The number of nitrogens with zero attached hydrogens (tertiary/aromatic N) is 2. The second-order valence-corrected chi connectivity index (χ2v) is 6.79. The average molecular weight is 370 g/mol. The smallest absolute Gasteiger partial charge is 0.203 e. The number of hydrogen-bond acceptors (Lipinski definition) is 6. The molecule has 6 nitrogen and oxygen atoms in total. The zero-order valence-corrected chi connectivity index (χ0v) is 15.6. The minimum atomic E-state index is 0. The zero-order chi connectivity index (χ0) is 16.4. The van der Waals surface area contributed by atoms with Crippen LogP contribution in [0.1, 0.15) is 12.0 Å². The fourth-order valence-electron chi connectivity index (χ4n) is 3.98. The Balaban J connectivity index is 0.00000182. The van der Waals surface area contributed by atoms with Crippen LogP contribution in [0, 0.1) is 0 Å². The molecular weight excluding hydrogens is 342 g/mol. The summed E-state index contributed by atoms with van der Waals surface area (Å²) in [6, 6.07) is 4.90. The van der Waals surface area contributed by atoms with E-state index in [1.165, 1.54) is 25.1 Å². The van der Waals surface area contributed by atoms with Crippen molar-refractivity contribution < 1.29 is 14.2 Å². The van der Waals surface area contributed by atoms with Crippen molar-refractivity contribution in [3.63, 3.8) is 0 Å². The van der Waals surface area contributed by atoms with Gasteiger partial charge in [-0.15, -0.1) is 12.4 Å². The summed E-state index contributed by atoms with van der Waals surface area (Å²) in [6.45, 7) is 9.03. The Morgan fingerprint density at radius 1 is 1.16 bits per heavy atom. The van der Waals surface area contributed by atoms with Gasteiger partial charge in [-0.25, -0.2) is 0 Å². The van der Waals surface area contributed by atoms with Gasteiger partial charge in [0.25, 0.3) is 0 Å². The second-order valence-electron chi connectivity index (χ2n) is 6.79. The lowest BCUT2D eigenvalue weighted by atomic mass is 10.1. The summed E-state index contributed by atoms with van der Waals surface area (Å²) in [4.78, 5) is 5.18. The van der Waals surface area contributed by atoms with Gasteiger partial charge in [-0.2, -0.15) is 0 Å². The van der Waals surface area contributed by atoms with E-state index in [4.69, 9.17) is 14.2 Å². The fraction of sp³-hybridized carbons (Fsp3) is 0.667. The number of halogens is 1. The molecule has 25 heavy (non-hydrogen) atoms. The van der Waals surface area contributed by atoms with E-state index in [2.05, 4.69) is 27.2 Å². The highest BCUT2D eigenvalue weighted by molar-refractivity contribution is 5.85. The van der Waals surface area contributed by atoms with Crippen molar-refractivity contribution >= 4 is 12.4 Å². The highest BCUT2D eigenvalue weighted by Gasteiger charge is 2.29. The normalized spacial score (nSPS) is 24.0. The van der Waals surface area contributed by atoms with E-state index in [0.29, 0.717) is 19.3 Å². The van der Waals surface area contributed by atoms with Gasteiger partial charge in [-0.1, -0.05) is 0 Å². The number of rotatable bonds is 4. The number of piperazine rings is 1. The number of fused-ring (bicyclic) bond motifs is 1. The Morgan fingerprint density at radius 3 is 2.76 bits per heavy atom. The minimum Gasteiger partial charge on any atom is -0.493 e. The van der Waals surface area contributed by atoms with Crippen molar-refractivity contribution in [3.8, 4) is 17.2 Å². The van der Waals surface area contributed by atoms with Crippen LogP contribution in [0.4, 0.5) is 0 Å². The van der Waals surface area contributed by atoms with Gasteiger partial charge in [0.2, 0.25) is 5.75 Å². The molecule has 3 aliphatic heterocycles. The first-order valence-electron chi connectivity index (χ1n) is 8.97. The Hall–Kier alpha value is -1.21. The van der Waals surface area contributed by atoms with Crippen molar-refractivity contribution in [1.29, 1.82) is 0 Å². The maximum Gasteiger partial charge on any atom is 0.203 e. The lowest BCUT2D eigenvalue weighted by Crippen LogP contribution is -2.49. The molecule has 0 bridgehead atoms. The number of likely N-dealkylation sites (tertiary alicyclic amines) is 1. The maximum atomic E-state index is 5.75. The number of ether oxygens (including phenoxy) is 3. The quantitative estimate of drug-likeness (QED) is 0.865. The molecule has 1 aromatic carbocycles. The summed E-state index contributed by atoms with van der Waals surface area (Å²) in [5.74, 6) is 2.33. The third-order valence-electron chi connectivity index (χ3n) is 5.21. The van der Waals surface area contributed by atoms with Gasteiger partial charge in [0, 0.05) is 51.9 Å². The predicted octanol–water partition coefficient (Wildman–Crippen LogP) is 1.37. The molecule has 3 aliphatic rings. The molecule has 1 N–H and O–H groups in total. The molecule has 0 aliphatic carbocycles. The molecule has 4 rings (SSSR count). The minimum absolute atomic E-state index is 0. The monoisotopic (exact) mass is 369 g/mol. The molecule has 0 spiro atoms. The molecule has 0 aromatic heterocycles. The largest absolute Gasteiger partial charge is 0.493 e. The lowest BCUT2D eigenvalue weighted by Gasteiger charge is -2.32. The Labute approximate surface area is 155 Å². The summed E-state index contributed by atoms with van der Waals surface area (Å²) in [7, 11) is 1.69. The number of nitrogens with one attached hydrogen (secondary N) is 1. The van der Waals surface area contributed by atoms with Crippen molar-refractivity contribution in [3.05, 3.63) is 17.7 Å². The van der Waals surface area contributed by atoms with E-state index in [1.54, 1.807) is 7.11 Å². The van der Waals surface area contributed by atoms with Crippen LogP contribution in [-0.2, 0) is 6.54 Å². The van der Waals surface area contributed by atoms with Gasteiger partial charge in [0.05, 0.1) is 7.11 Å². The van der Waals surface area contributed by atoms with E-state index in [0.717, 1.165) is 50.0 Å². The van der Waals surface area contributed by atoms with Crippen LogP contribution >= 0.6 is 12.4 Å². The topological polar surface area (TPSA) is 46.2 Å². The third kappa shape index (κ3) is 4.14.